The fraction of sp³-hybridized carbons (Fsp3) is 0.286. The molecule has 0 fully saturated rings. The van der Waals surface area contributed by atoms with E-state index < -0.39 is 18.0 Å². The molecule has 1 heterocycles. The number of thioether (sulfide) groups is 1. The summed E-state index contributed by atoms with van der Waals surface area (Å²) in [5, 5.41) is 2.68. The topological polar surface area (TPSA) is 84.9 Å². The maximum absolute atomic E-state index is 12.3. The lowest BCUT2D eigenvalue weighted by molar-refractivity contribution is -0.152. The molecule has 0 saturated heterocycles. The SMILES string of the molecule is COc1cccc(NC(=O)[C@@H](C)OC(=O)CCN2C(=O)CSc3ccccc32)c1. The Morgan fingerprint density at radius 3 is 2.79 bits per heavy atom. The van der Waals surface area contributed by atoms with Crippen molar-refractivity contribution in [1.29, 1.82) is 0 Å². The van der Waals surface area contributed by atoms with E-state index in [-0.39, 0.29) is 18.9 Å². The first-order valence-electron chi connectivity index (χ1n) is 9.14. The molecule has 0 aromatic heterocycles. The van der Waals surface area contributed by atoms with Crippen molar-refractivity contribution >= 4 is 40.9 Å². The minimum atomic E-state index is -0.964. The van der Waals surface area contributed by atoms with Gasteiger partial charge >= 0.3 is 5.97 Å². The third-order valence-corrected chi connectivity index (χ3v) is 5.41. The molecule has 2 aromatic carbocycles. The van der Waals surface area contributed by atoms with Crippen LogP contribution in [0.25, 0.3) is 0 Å². The lowest BCUT2D eigenvalue weighted by Crippen LogP contribution is -2.38. The van der Waals surface area contributed by atoms with Crippen LogP contribution in [0, 0.1) is 0 Å². The largest absolute Gasteiger partial charge is 0.497 e. The van der Waals surface area contributed by atoms with Crippen molar-refractivity contribution in [2.75, 3.05) is 29.6 Å². The van der Waals surface area contributed by atoms with E-state index in [1.54, 1.807) is 29.2 Å². The van der Waals surface area contributed by atoms with Gasteiger partial charge in [0.1, 0.15) is 5.75 Å². The first kappa shape index (κ1) is 20.7. The Hall–Kier alpha value is -3.00. The smallest absolute Gasteiger partial charge is 0.308 e. The molecule has 0 unspecified atom stereocenters. The second kappa shape index (κ2) is 9.47. The molecule has 0 spiro atoms. The second-order valence-electron chi connectivity index (χ2n) is 6.41. The van der Waals surface area contributed by atoms with Crippen LogP contribution in [0.5, 0.6) is 5.75 Å². The average molecular weight is 414 g/mol. The monoisotopic (exact) mass is 414 g/mol. The minimum absolute atomic E-state index is 0.00151. The molecule has 2 aromatic rings. The van der Waals surface area contributed by atoms with Crippen LogP contribution >= 0.6 is 11.8 Å². The number of fused-ring (bicyclic) bond motifs is 1. The highest BCUT2D eigenvalue weighted by Crippen LogP contribution is 2.34. The number of para-hydroxylation sites is 1. The molecule has 0 aliphatic carbocycles. The normalized spacial score (nSPS) is 14.0. The lowest BCUT2D eigenvalue weighted by atomic mass is 10.2. The highest BCUT2D eigenvalue weighted by molar-refractivity contribution is 8.00. The number of nitrogens with zero attached hydrogens (tertiary/aromatic N) is 1. The fourth-order valence-electron chi connectivity index (χ4n) is 2.86. The van der Waals surface area contributed by atoms with E-state index in [1.807, 2.05) is 24.3 Å². The van der Waals surface area contributed by atoms with E-state index in [9.17, 15) is 14.4 Å². The molecule has 3 rings (SSSR count). The average Bonchev–Trinajstić information content (AvgIpc) is 2.73. The van der Waals surface area contributed by atoms with Gasteiger partial charge in [0.2, 0.25) is 5.91 Å². The molecule has 1 N–H and O–H groups in total. The number of esters is 1. The molecule has 1 aliphatic heterocycles. The number of carbonyl (C=O) groups excluding carboxylic acids is 3. The number of benzene rings is 2. The van der Waals surface area contributed by atoms with Crippen LogP contribution in [-0.2, 0) is 19.1 Å². The highest BCUT2D eigenvalue weighted by Gasteiger charge is 2.25. The molecular formula is C21H22N2O5S. The van der Waals surface area contributed by atoms with Gasteiger partial charge in [-0.05, 0) is 31.2 Å². The quantitative estimate of drug-likeness (QED) is 0.701. The van der Waals surface area contributed by atoms with Gasteiger partial charge in [-0.15, -0.1) is 11.8 Å². The summed E-state index contributed by atoms with van der Waals surface area (Å²) in [7, 11) is 1.54. The number of nitrogens with one attached hydrogen (secondary N) is 1. The summed E-state index contributed by atoms with van der Waals surface area (Å²) in [6.45, 7) is 1.71. The Kier molecular flexibility index (Phi) is 6.77. The zero-order chi connectivity index (χ0) is 20.8. The molecule has 1 aliphatic rings. The number of amides is 2. The van der Waals surface area contributed by atoms with E-state index in [0.717, 1.165) is 10.6 Å². The Bertz CT molecular complexity index is 917. The summed E-state index contributed by atoms with van der Waals surface area (Å²) in [5.74, 6) is -0.0857. The van der Waals surface area contributed by atoms with Gasteiger partial charge in [-0.1, -0.05) is 18.2 Å². The maximum Gasteiger partial charge on any atom is 0.308 e. The number of hydrogen-bond acceptors (Lipinski definition) is 6. The van der Waals surface area contributed by atoms with Crippen LogP contribution in [0.3, 0.4) is 0 Å². The van der Waals surface area contributed by atoms with Crippen LogP contribution < -0.4 is 15.0 Å². The number of ether oxygens (including phenoxy) is 2. The zero-order valence-electron chi connectivity index (χ0n) is 16.2. The molecule has 2 amide bonds. The molecule has 0 saturated carbocycles. The van der Waals surface area contributed by atoms with E-state index in [1.165, 1.54) is 25.8 Å². The number of rotatable bonds is 7. The first-order valence-corrected chi connectivity index (χ1v) is 10.1. The predicted octanol–water partition coefficient (Wildman–Crippen LogP) is 3.09. The number of anilines is 2. The second-order valence-corrected chi connectivity index (χ2v) is 7.42. The van der Waals surface area contributed by atoms with Gasteiger partial charge in [-0.25, -0.2) is 0 Å². The summed E-state index contributed by atoms with van der Waals surface area (Å²) in [4.78, 5) is 39.3. The zero-order valence-corrected chi connectivity index (χ0v) is 17.0. The third kappa shape index (κ3) is 5.29. The summed E-state index contributed by atoms with van der Waals surface area (Å²) >= 11 is 1.48. The van der Waals surface area contributed by atoms with Gasteiger partial charge in [0.15, 0.2) is 6.10 Å². The van der Waals surface area contributed by atoms with Crippen LogP contribution in [0.1, 0.15) is 13.3 Å². The summed E-state index contributed by atoms with van der Waals surface area (Å²) in [5.41, 5.74) is 1.34. The van der Waals surface area contributed by atoms with Crippen molar-refractivity contribution in [2.45, 2.75) is 24.3 Å². The van der Waals surface area contributed by atoms with Crippen molar-refractivity contribution in [3.05, 3.63) is 48.5 Å². The van der Waals surface area contributed by atoms with Gasteiger partial charge in [-0.3, -0.25) is 14.4 Å². The van der Waals surface area contributed by atoms with Crippen molar-refractivity contribution < 1.29 is 23.9 Å². The van der Waals surface area contributed by atoms with Crippen LogP contribution in [0.2, 0.25) is 0 Å². The van der Waals surface area contributed by atoms with Crippen molar-refractivity contribution in [2.24, 2.45) is 0 Å². The summed E-state index contributed by atoms with van der Waals surface area (Å²) in [6.07, 6.45) is -0.963. The Labute approximate surface area is 173 Å². The molecule has 0 radical (unpaired) electrons. The molecule has 29 heavy (non-hydrogen) atoms. The fourth-order valence-corrected chi connectivity index (χ4v) is 3.79. The first-order chi connectivity index (χ1) is 14.0. The molecule has 8 heteroatoms. The Morgan fingerprint density at radius 1 is 1.21 bits per heavy atom. The van der Waals surface area contributed by atoms with Crippen molar-refractivity contribution in [3.63, 3.8) is 0 Å². The van der Waals surface area contributed by atoms with Crippen molar-refractivity contribution in [1.82, 2.24) is 0 Å². The van der Waals surface area contributed by atoms with Crippen LogP contribution in [0.15, 0.2) is 53.4 Å². The van der Waals surface area contributed by atoms with E-state index >= 15 is 0 Å². The predicted molar refractivity (Wildman–Crippen MR) is 111 cm³/mol. The lowest BCUT2D eigenvalue weighted by Gasteiger charge is -2.28. The highest BCUT2D eigenvalue weighted by atomic mass is 32.2. The van der Waals surface area contributed by atoms with Crippen LogP contribution in [-0.4, -0.2) is 43.3 Å². The van der Waals surface area contributed by atoms with Gasteiger partial charge in [0, 0.05) is 23.2 Å². The number of hydrogen-bond donors (Lipinski definition) is 1. The van der Waals surface area contributed by atoms with Gasteiger partial charge in [0.05, 0.1) is 25.0 Å². The minimum Gasteiger partial charge on any atom is -0.497 e. The van der Waals surface area contributed by atoms with E-state index in [2.05, 4.69) is 5.32 Å². The molecule has 152 valence electrons. The molecular weight excluding hydrogens is 392 g/mol. The maximum atomic E-state index is 12.3. The molecule has 0 bridgehead atoms. The number of carbonyl (C=O) groups is 3. The van der Waals surface area contributed by atoms with Crippen LogP contribution in [0.4, 0.5) is 11.4 Å². The molecule has 1 atom stereocenters. The third-order valence-electron chi connectivity index (χ3n) is 4.36. The van der Waals surface area contributed by atoms with Gasteiger partial charge < -0.3 is 19.7 Å². The van der Waals surface area contributed by atoms with Gasteiger partial charge in [0.25, 0.3) is 5.91 Å². The summed E-state index contributed by atoms with van der Waals surface area (Å²) in [6, 6.07) is 14.5. The standard InChI is InChI=1S/C21H22N2O5S/c1-14(21(26)22-15-6-5-7-16(12-15)27-2)28-20(25)10-11-23-17-8-3-4-9-18(17)29-13-19(23)24/h3-9,12,14H,10-11,13H2,1-2H3,(H,22,26)/t14-/m1/s1. The Morgan fingerprint density at radius 2 is 2.00 bits per heavy atom. The van der Waals surface area contributed by atoms with Gasteiger partial charge in [-0.2, -0.15) is 0 Å². The van der Waals surface area contributed by atoms with E-state index in [0.29, 0.717) is 17.2 Å². The molecule has 7 nitrogen and oxygen atoms in total. The van der Waals surface area contributed by atoms with E-state index in [4.69, 9.17) is 9.47 Å². The van der Waals surface area contributed by atoms with Crippen molar-refractivity contribution in [3.8, 4) is 5.75 Å². The summed E-state index contributed by atoms with van der Waals surface area (Å²) < 4.78 is 10.3. The number of methoxy groups -OCH3 is 1. The Balaban J connectivity index is 1.52.